The molecule has 0 aliphatic carbocycles. The van der Waals surface area contributed by atoms with E-state index >= 15 is 0 Å². The summed E-state index contributed by atoms with van der Waals surface area (Å²) in [4.78, 5) is 2.54. The molecule has 124 valence electrons. The van der Waals surface area contributed by atoms with E-state index in [1.807, 2.05) is 0 Å². The highest BCUT2D eigenvalue weighted by Crippen LogP contribution is 2.38. The molecule has 0 spiro atoms. The molecule has 2 rings (SSSR count). The van der Waals surface area contributed by atoms with E-state index in [1.54, 1.807) is 0 Å². The molecule has 1 aromatic carbocycles. The predicted molar refractivity (Wildman–Crippen MR) is 93.7 cm³/mol. The molecule has 1 aliphatic rings. The van der Waals surface area contributed by atoms with Gasteiger partial charge in [-0.3, -0.25) is 0 Å². The Morgan fingerprint density at radius 2 is 1.82 bits per heavy atom. The molecule has 2 N–H and O–H groups in total. The predicted octanol–water partition coefficient (Wildman–Crippen LogP) is 3.48. The molecule has 3 heteroatoms. The van der Waals surface area contributed by atoms with Gasteiger partial charge in [-0.2, -0.15) is 0 Å². The Bertz CT molecular complexity index is 479. The van der Waals surface area contributed by atoms with Crippen molar-refractivity contribution in [3.05, 3.63) is 28.8 Å². The minimum absolute atomic E-state index is 0.417. The maximum Gasteiger partial charge on any atom is 0.123 e. The fraction of sp³-hybridized carbons (Fsp3) is 0.684. The lowest BCUT2D eigenvalue weighted by Gasteiger charge is -2.36. The van der Waals surface area contributed by atoms with Crippen LogP contribution in [0, 0.1) is 19.8 Å². The summed E-state index contributed by atoms with van der Waals surface area (Å²) in [5, 5.41) is 0. The molecule has 0 bridgehead atoms. The third-order valence-electron chi connectivity index (χ3n) is 5.23. The molecule has 1 fully saturated rings. The van der Waals surface area contributed by atoms with E-state index in [4.69, 9.17) is 10.5 Å². The van der Waals surface area contributed by atoms with Crippen molar-refractivity contribution in [3.8, 4) is 5.75 Å². The molecule has 1 aromatic rings. The van der Waals surface area contributed by atoms with Gasteiger partial charge in [-0.05, 0) is 88.5 Å². The van der Waals surface area contributed by atoms with Crippen molar-refractivity contribution in [1.82, 2.24) is 4.90 Å². The highest BCUT2D eigenvalue weighted by atomic mass is 16.5. The molecular formula is C19H32N2O. The van der Waals surface area contributed by atoms with Crippen molar-refractivity contribution < 1.29 is 4.74 Å². The number of hydrogen-bond acceptors (Lipinski definition) is 3. The standard InChI is InChI=1S/C19H32N2O/c1-5-21-9-7-16(8-10-21)18(13-20)17-11-14(3)15(4)12-19(17)22-6-2/h11-12,16,18H,5-10,13,20H2,1-4H3. The molecule has 1 saturated heterocycles. The van der Waals surface area contributed by atoms with Crippen molar-refractivity contribution in [3.63, 3.8) is 0 Å². The van der Waals surface area contributed by atoms with Gasteiger partial charge in [0.05, 0.1) is 6.61 Å². The molecule has 0 radical (unpaired) electrons. The van der Waals surface area contributed by atoms with Crippen molar-refractivity contribution in [2.24, 2.45) is 11.7 Å². The summed E-state index contributed by atoms with van der Waals surface area (Å²) in [5.74, 6) is 2.13. The van der Waals surface area contributed by atoms with Crippen LogP contribution in [0.4, 0.5) is 0 Å². The van der Waals surface area contributed by atoms with Crippen molar-refractivity contribution in [2.75, 3.05) is 32.8 Å². The van der Waals surface area contributed by atoms with Gasteiger partial charge in [-0.1, -0.05) is 13.0 Å². The number of benzene rings is 1. The first-order valence-electron chi connectivity index (χ1n) is 8.77. The highest BCUT2D eigenvalue weighted by Gasteiger charge is 2.28. The Kier molecular flexibility index (Phi) is 6.27. The van der Waals surface area contributed by atoms with Gasteiger partial charge in [0.2, 0.25) is 0 Å². The molecule has 3 nitrogen and oxygen atoms in total. The number of rotatable bonds is 6. The van der Waals surface area contributed by atoms with E-state index in [2.05, 4.69) is 44.7 Å². The Labute approximate surface area is 135 Å². The van der Waals surface area contributed by atoms with Gasteiger partial charge in [-0.15, -0.1) is 0 Å². The zero-order valence-electron chi connectivity index (χ0n) is 14.7. The summed E-state index contributed by atoms with van der Waals surface area (Å²) in [6, 6.07) is 4.50. The van der Waals surface area contributed by atoms with Crippen molar-refractivity contribution >= 4 is 0 Å². The largest absolute Gasteiger partial charge is 0.494 e. The lowest BCUT2D eigenvalue weighted by Crippen LogP contribution is -2.37. The quantitative estimate of drug-likeness (QED) is 0.874. The Hall–Kier alpha value is -1.06. The Morgan fingerprint density at radius 3 is 2.36 bits per heavy atom. The summed E-state index contributed by atoms with van der Waals surface area (Å²) in [6.45, 7) is 13.6. The maximum atomic E-state index is 6.19. The van der Waals surface area contributed by atoms with Gasteiger partial charge in [0, 0.05) is 5.92 Å². The third-order valence-corrected chi connectivity index (χ3v) is 5.23. The van der Waals surface area contributed by atoms with Crippen LogP contribution in [0.3, 0.4) is 0 Å². The van der Waals surface area contributed by atoms with Crippen LogP contribution < -0.4 is 10.5 Å². The summed E-state index contributed by atoms with van der Waals surface area (Å²) < 4.78 is 5.92. The van der Waals surface area contributed by atoms with Crippen LogP contribution in [0.15, 0.2) is 12.1 Å². The van der Waals surface area contributed by atoms with Gasteiger partial charge >= 0.3 is 0 Å². The SMILES string of the molecule is CCOc1cc(C)c(C)cc1C(CN)C1CCN(CC)CC1. The number of hydrogen-bond donors (Lipinski definition) is 1. The minimum Gasteiger partial charge on any atom is -0.494 e. The molecule has 0 aromatic heterocycles. The van der Waals surface area contributed by atoms with Crippen molar-refractivity contribution in [1.29, 1.82) is 0 Å². The fourth-order valence-corrected chi connectivity index (χ4v) is 3.63. The lowest BCUT2D eigenvalue weighted by molar-refractivity contribution is 0.175. The van der Waals surface area contributed by atoms with Crippen LogP contribution >= 0.6 is 0 Å². The number of ether oxygens (including phenoxy) is 1. The zero-order valence-corrected chi connectivity index (χ0v) is 14.7. The van der Waals surface area contributed by atoms with Crippen molar-refractivity contribution in [2.45, 2.75) is 46.5 Å². The summed E-state index contributed by atoms with van der Waals surface area (Å²) in [6.07, 6.45) is 2.49. The summed E-state index contributed by atoms with van der Waals surface area (Å²) in [5.41, 5.74) is 10.1. The first-order chi connectivity index (χ1) is 10.6. The second kappa shape index (κ2) is 7.98. The van der Waals surface area contributed by atoms with E-state index < -0.39 is 0 Å². The number of aryl methyl sites for hydroxylation is 2. The Balaban J connectivity index is 2.25. The van der Waals surface area contributed by atoms with E-state index in [9.17, 15) is 0 Å². The minimum atomic E-state index is 0.417. The number of piperidine rings is 1. The molecule has 1 aliphatic heterocycles. The van der Waals surface area contributed by atoms with Gasteiger partial charge < -0.3 is 15.4 Å². The summed E-state index contributed by atoms with van der Waals surface area (Å²) in [7, 11) is 0. The first-order valence-corrected chi connectivity index (χ1v) is 8.77. The third kappa shape index (κ3) is 3.82. The number of nitrogens with zero attached hydrogens (tertiary/aromatic N) is 1. The van der Waals surface area contributed by atoms with Gasteiger partial charge in [0.15, 0.2) is 0 Å². The topological polar surface area (TPSA) is 38.5 Å². The van der Waals surface area contributed by atoms with E-state index in [-0.39, 0.29) is 0 Å². The van der Waals surface area contributed by atoms with Crippen LogP contribution in [0.25, 0.3) is 0 Å². The van der Waals surface area contributed by atoms with Crippen LogP contribution in [0.2, 0.25) is 0 Å². The average molecular weight is 304 g/mol. The molecule has 0 amide bonds. The number of nitrogens with two attached hydrogens (primary N) is 1. The Morgan fingerprint density at radius 1 is 1.18 bits per heavy atom. The molecule has 1 heterocycles. The second-order valence-corrected chi connectivity index (χ2v) is 6.52. The van der Waals surface area contributed by atoms with E-state index in [0.29, 0.717) is 25.0 Å². The van der Waals surface area contributed by atoms with Crippen LogP contribution in [-0.4, -0.2) is 37.7 Å². The van der Waals surface area contributed by atoms with Gasteiger partial charge in [0.1, 0.15) is 5.75 Å². The molecule has 22 heavy (non-hydrogen) atoms. The van der Waals surface area contributed by atoms with Gasteiger partial charge in [0.25, 0.3) is 0 Å². The van der Waals surface area contributed by atoms with Crippen LogP contribution in [0.1, 0.15) is 49.3 Å². The molecular weight excluding hydrogens is 272 g/mol. The summed E-state index contributed by atoms with van der Waals surface area (Å²) >= 11 is 0. The van der Waals surface area contributed by atoms with E-state index in [0.717, 1.165) is 12.3 Å². The first kappa shape index (κ1) is 17.3. The van der Waals surface area contributed by atoms with Crippen LogP contribution in [0.5, 0.6) is 5.75 Å². The average Bonchev–Trinajstić information content (AvgIpc) is 2.53. The monoisotopic (exact) mass is 304 g/mol. The lowest BCUT2D eigenvalue weighted by atomic mass is 9.79. The molecule has 0 saturated carbocycles. The fourth-order valence-electron chi connectivity index (χ4n) is 3.63. The molecule has 1 atom stereocenters. The van der Waals surface area contributed by atoms with Gasteiger partial charge in [-0.25, -0.2) is 0 Å². The van der Waals surface area contributed by atoms with E-state index in [1.165, 1.54) is 42.6 Å². The normalized spacial score (nSPS) is 18.4. The maximum absolute atomic E-state index is 6.19. The second-order valence-electron chi connectivity index (χ2n) is 6.52. The van der Waals surface area contributed by atoms with Crippen LogP contribution in [-0.2, 0) is 0 Å². The highest BCUT2D eigenvalue weighted by molar-refractivity contribution is 5.44. The zero-order chi connectivity index (χ0) is 16.1. The molecule has 1 unspecified atom stereocenters. The smallest absolute Gasteiger partial charge is 0.123 e. The number of likely N-dealkylation sites (tertiary alicyclic amines) is 1.